The molecule has 0 amide bonds. The molecule has 0 fully saturated rings. The molecule has 2 aliphatic carbocycles. The van der Waals surface area contributed by atoms with Gasteiger partial charge in [0, 0.05) is 16.5 Å². The second-order valence-electron chi connectivity index (χ2n) is 8.54. The molecule has 36 heavy (non-hydrogen) atoms. The average molecular weight is 537 g/mol. The van der Waals surface area contributed by atoms with Gasteiger partial charge in [-0.15, -0.1) is 0 Å². The summed E-state index contributed by atoms with van der Waals surface area (Å²) < 4.78 is 0. The summed E-state index contributed by atoms with van der Waals surface area (Å²) in [5.41, 5.74) is 0. The van der Waals surface area contributed by atoms with E-state index in [0.717, 1.165) is 0 Å². The predicted molar refractivity (Wildman–Crippen MR) is 159 cm³/mol. The van der Waals surface area contributed by atoms with Crippen LogP contribution in [0.2, 0.25) is 0 Å². The Kier molecular flexibility index (Phi) is 16.3. The van der Waals surface area contributed by atoms with Gasteiger partial charge in [0.2, 0.25) is 0 Å². The molecule has 0 bridgehead atoms. The molecule has 0 atom stereocenters. The first-order valence-corrected chi connectivity index (χ1v) is 14.3. The van der Waals surface area contributed by atoms with Crippen molar-refractivity contribution in [2.24, 2.45) is 0 Å². The van der Waals surface area contributed by atoms with Gasteiger partial charge in [0.25, 0.3) is 0 Å². The molecule has 2 heteroatoms. The van der Waals surface area contributed by atoms with Gasteiger partial charge in [-0.1, -0.05) is 140 Å². The van der Waals surface area contributed by atoms with Gasteiger partial charge in [0.15, 0.2) is 0 Å². The van der Waals surface area contributed by atoms with Crippen LogP contribution in [-0.2, 0) is 16.5 Å². The quantitative estimate of drug-likeness (QED) is 0.178. The molecular weight excluding hydrogens is 498 g/mol. The van der Waals surface area contributed by atoms with Crippen molar-refractivity contribution in [3.63, 3.8) is 0 Å². The van der Waals surface area contributed by atoms with Gasteiger partial charge in [0.1, 0.15) is 0 Å². The number of hydrogen-bond donors (Lipinski definition) is 0. The summed E-state index contributed by atoms with van der Waals surface area (Å²) in [6.45, 7) is 0. The molecule has 3 aromatic rings. The Morgan fingerprint density at radius 1 is 0.306 bits per heavy atom. The van der Waals surface area contributed by atoms with Crippen LogP contribution in [-0.4, -0.2) is 0 Å². The Labute approximate surface area is 230 Å². The molecule has 0 radical (unpaired) electrons. The minimum atomic E-state index is -0.446. The maximum absolute atomic E-state index is 2.27. The van der Waals surface area contributed by atoms with E-state index < -0.39 is 7.92 Å². The first-order chi connectivity index (χ1) is 17.4. The van der Waals surface area contributed by atoms with Crippen molar-refractivity contribution >= 4 is 23.8 Å². The van der Waals surface area contributed by atoms with E-state index in [1.54, 1.807) is 0 Å². The molecule has 0 spiro atoms. The smallest absolute Gasteiger partial charge is 0 e. The predicted octanol–water partition coefficient (Wildman–Crippen LogP) is 8.79. The molecule has 0 unspecified atom stereocenters. The van der Waals surface area contributed by atoms with Crippen LogP contribution in [0, 0.1) is 0 Å². The summed E-state index contributed by atoms with van der Waals surface area (Å²) in [4.78, 5) is 0. The van der Waals surface area contributed by atoms with Crippen molar-refractivity contribution in [2.45, 2.75) is 51.4 Å². The van der Waals surface area contributed by atoms with Crippen LogP contribution >= 0.6 is 7.92 Å². The van der Waals surface area contributed by atoms with Crippen LogP contribution in [0.1, 0.15) is 51.4 Å². The van der Waals surface area contributed by atoms with E-state index in [0.29, 0.717) is 0 Å². The van der Waals surface area contributed by atoms with Gasteiger partial charge >= 0.3 is 0 Å². The van der Waals surface area contributed by atoms with Gasteiger partial charge in [-0.25, -0.2) is 0 Å². The van der Waals surface area contributed by atoms with Crippen LogP contribution < -0.4 is 15.9 Å². The van der Waals surface area contributed by atoms with Crippen LogP contribution in [0.5, 0.6) is 0 Å². The summed E-state index contributed by atoms with van der Waals surface area (Å²) in [6.07, 6.45) is 28.0. The van der Waals surface area contributed by atoms with Crippen LogP contribution in [0.4, 0.5) is 0 Å². The van der Waals surface area contributed by atoms with Crippen LogP contribution in [0.3, 0.4) is 0 Å². The van der Waals surface area contributed by atoms with Gasteiger partial charge in [0.05, 0.1) is 0 Å². The summed E-state index contributed by atoms with van der Waals surface area (Å²) in [5.74, 6) is 0. The van der Waals surface area contributed by atoms with Gasteiger partial charge < -0.3 is 0 Å². The van der Waals surface area contributed by atoms with Crippen molar-refractivity contribution in [3.8, 4) is 0 Å². The molecule has 5 rings (SSSR count). The molecule has 0 saturated carbocycles. The fraction of sp³-hybridized carbons (Fsp3) is 0.235. The maximum atomic E-state index is 2.27. The summed E-state index contributed by atoms with van der Waals surface area (Å²) >= 11 is 0. The van der Waals surface area contributed by atoms with E-state index in [4.69, 9.17) is 0 Å². The number of rotatable bonds is 3. The average Bonchev–Trinajstić information content (AvgIpc) is 2.86. The van der Waals surface area contributed by atoms with Gasteiger partial charge in [-0.05, 0) is 75.2 Å². The fourth-order valence-corrected chi connectivity index (χ4v) is 6.20. The van der Waals surface area contributed by atoms with Gasteiger partial charge in [-0.3, -0.25) is 0 Å². The van der Waals surface area contributed by atoms with Crippen LogP contribution in [0.15, 0.2) is 140 Å². The van der Waals surface area contributed by atoms with E-state index in [1.807, 2.05) is 0 Å². The Bertz CT molecular complexity index is 862. The Morgan fingerprint density at radius 3 is 0.694 bits per heavy atom. The summed E-state index contributed by atoms with van der Waals surface area (Å²) in [6, 6.07) is 32.3. The molecule has 0 heterocycles. The Hall–Kier alpha value is -2.46. The van der Waals surface area contributed by atoms with Crippen molar-refractivity contribution < 1.29 is 16.5 Å². The van der Waals surface area contributed by atoms with Crippen molar-refractivity contribution in [3.05, 3.63) is 140 Å². The van der Waals surface area contributed by atoms with E-state index in [1.165, 1.54) is 67.3 Å². The normalized spacial score (nSPS) is 16.2. The monoisotopic (exact) mass is 536 g/mol. The standard InChI is InChI=1S/C18H15P.2C8H12.Ni/c1-4-10-16(11-5-1)19(17-12-6-2-7-13-17)18-14-8-3-9-15-18;2*1-2-4-6-8-7-5-3-1;/h1-15H;2*1-2,7-8H,3-6H2;/b;2*2-1-,8-7?;. The first kappa shape index (κ1) is 29.8. The number of allylic oxidation sites excluding steroid dienone is 8. The minimum absolute atomic E-state index is 0. The van der Waals surface area contributed by atoms with Crippen molar-refractivity contribution in [1.82, 2.24) is 0 Å². The molecule has 0 aliphatic heterocycles. The third kappa shape index (κ3) is 12.0. The van der Waals surface area contributed by atoms with Crippen molar-refractivity contribution in [2.75, 3.05) is 0 Å². The Balaban J connectivity index is 0.000000223. The molecule has 2 aliphatic rings. The second kappa shape index (κ2) is 19.7. The molecule has 0 aromatic heterocycles. The number of hydrogen-bond acceptors (Lipinski definition) is 0. The molecule has 0 N–H and O–H groups in total. The third-order valence-electron chi connectivity index (χ3n) is 5.71. The first-order valence-electron chi connectivity index (χ1n) is 13.0. The summed E-state index contributed by atoms with van der Waals surface area (Å²) in [7, 11) is -0.446. The molecule has 0 nitrogen and oxygen atoms in total. The van der Waals surface area contributed by atoms with E-state index in [-0.39, 0.29) is 16.5 Å². The zero-order valence-electron chi connectivity index (χ0n) is 21.2. The summed E-state index contributed by atoms with van der Waals surface area (Å²) in [5, 5.41) is 4.19. The van der Waals surface area contributed by atoms with E-state index in [9.17, 15) is 0 Å². The van der Waals surface area contributed by atoms with E-state index in [2.05, 4.69) is 140 Å². The maximum Gasteiger partial charge on any atom is 0 e. The topological polar surface area (TPSA) is 0 Å². The zero-order valence-corrected chi connectivity index (χ0v) is 23.1. The molecule has 3 aromatic carbocycles. The molecule has 0 saturated heterocycles. The third-order valence-corrected chi connectivity index (χ3v) is 8.15. The van der Waals surface area contributed by atoms with E-state index >= 15 is 0 Å². The van der Waals surface area contributed by atoms with Crippen LogP contribution in [0.25, 0.3) is 0 Å². The number of benzene rings is 3. The van der Waals surface area contributed by atoms with Gasteiger partial charge in [-0.2, -0.15) is 0 Å². The SMILES string of the molecule is C1=CCC/C=C\CC1.C1=CCC/C=C\CC1.[Ni].c1ccc(P(c2ccccc2)c2ccccc2)cc1. The molecular formula is C34H39NiP. The largest absolute Gasteiger partial charge is 0.0882 e. The second-order valence-corrected chi connectivity index (χ2v) is 10.8. The fourth-order valence-electron chi connectivity index (χ4n) is 3.89. The zero-order chi connectivity index (χ0) is 24.2. The van der Waals surface area contributed by atoms with Crippen molar-refractivity contribution in [1.29, 1.82) is 0 Å². The Morgan fingerprint density at radius 2 is 0.500 bits per heavy atom. The minimum Gasteiger partial charge on any atom is -0.0882 e. The molecule has 190 valence electrons.